The number of morpholine rings is 1. The van der Waals surface area contributed by atoms with Gasteiger partial charge in [-0.15, -0.1) is 11.3 Å². The molecule has 2 heterocycles. The van der Waals surface area contributed by atoms with E-state index in [4.69, 9.17) is 4.74 Å². The number of carbonyl (C=O) groups is 3. The van der Waals surface area contributed by atoms with E-state index in [1.54, 1.807) is 22.4 Å². The maximum absolute atomic E-state index is 11.8. The van der Waals surface area contributed by atoms with Crippen LogP contribution in [0.25, 0.3) is 0 Å². The van der Waals surface area contributed by atoms with Gasteiger partial charge < -0.3 is 15.0 Å². The molecule has 0 bridgehead atoms. The van der Waals surface area contributed by atoms with Gasteiger partial charge in [0.1, 0.15) is 0 Å². The molecule has 1 aromatic rings. The Labute approximate surface area is 114 Å². The molecule has 1 saturated heterocycles. The molecule has 0 unspecified atom stereocenters. The SMILES string of the molecule is O=C(NCC(=O)N1CCOCC1)C(=O)c1cccs1. The van der Waals surface area contributed by atoms with Crippen molar-refractivity contribution in [3.05, 3.63) is 22.4 Å². The number of hydrogen-bond acceptors (Lipinski definition) is 5. The summed E-state index contributed by atoms with van der Waals surface area (Å²) < 4.78 is 5.13. The number of nitrogens with one attached hydrogen (secondary N) is 1. The topological polar surface area (TPSA) is 75.7 Å². The highest BCUT2D eigenvalue weighted by molar-refractivity contribution is 7.13. The molecule has 0 radical (unpaired) electrons. The van der Waals surface area contributed by atoms with Crippen LogP contribution < -0.4 is 5.32 Å². The minimum atomic E-state index is -0.746. The fraction of sp³-hybridized carbons (Fsp3) is 0.417. The van der Waals surface area contributed by atoms with Crippen LogP contribution in [0, 0.1) is 0 Å². The van der Waals surface area contributed by atoms with Crippen LogP contribution in [0.5, 0.6) is 0 Å². The Kier molecular flexibility index (Phi) is 4.64. The van der Waals surface area contributed by atoms with Gasteiger partial charge in [-0.25, -0.2) is 0 Å². The van der Waals surface area contributed by atoms with Gasteiger partial charge in [-0.2, -0.15) is 0 Å². The second-order valence-corrected chi connectivity index (χ2v) is 4.93. The van der Waals surface area contributed by atoms with Crippen LogP contribution in [-0.2, 0) is 14.3 Å². The van der Waals surface area contributed by atoms with Gasteiger partial charge in [0.05, 0.1) is 24.6 Å². The first-order chi connectivity index (χ1) is 9.18. The Morgan fingerprint density at radius 1 is 1.32 bits per heavy atom. The second kappa shape index (κ2) is 6.44. The Bertz CT molecular complexity index is 466. The number of amides is 2. The number of thiophene rings is 1. The van der Waals surface area contributed by atoms with Crippen LogP contribution in [-0.4, -0.2) is 55.3 Å². The van der Waals surface area contributed by atoms with E-state index in [9.17, 15) is 14.4 Å². The molecule has 1 aliphatic rings. The number of nitrogens with zero attached hydrogens (tertiary/aromatic N) is 1. The predicted octanol–water partition coefficient (Wildman–Crippen LogP) is -0.0942. The monoisotopic (exact) mass is 282 g/mol. The quantitative estimate of drug-likeness (QED) is 0.618. The zero-order chi connectivity index (χ0) is 13.7. The zero-order valence-corrected chi connectivity index (χ0v) is 11.1. The summed E-state index contributed by atoms with van der Waals surface area (Å²) in [6.07, 6.45) is 0. The van der Waals surface area contributed by atoms with Crippen LogP contribution in [0.1, 0.15) is 9.67 Å². The number of ketones is 1. The van der Waals surface area contributed by atoms with Crippen molar-refractivity contribution in [3.63, 3.8) is 0 Å². The maximum atomic E-state index is 11.8. The van der Waals surface area contributed by atoms with E-state index in [1.807, 2.05) is 0 Å². The highest BCUT2D eigenvalue weighted by Crippen LogP contribution is 2.09. The van der Waals surface area contributed by atoms with Crippen molar-refractivity contribution in [2.24, 2.45) is 0 Å². The van der Waals surface area contributed by atoms with Gasteiger partial charge in [-0.3, -0.25) is 14.4 Å². The average molecular weight is 282 g/mol. The van der Waals surface area contributed by atoms with Crippen LogP contribution in [0.4, 0.5) is 0 Å². The molecule has 1 N–H and O–H groups in total. The molecule has 2 rings (SSSR count). The van der Waals surface area contributed by atoms with Crippen molar-refractivity contribution in [1.29, 1.82) is 0 Å². The summed E-state index contributed by atoms with van der Waals surface area (Å²) in [5, 5.41) is 4.08. The summed E-state index contributed by atoms with van der Waals surface area (Å²) in [4.78, 5) is 37.0. The van der Waals surface area contributed by atoms with E-state index in [0.717, 1.165) is 0 Å². The number of carbonyl (C=O) groups excluding carboxylic acids is 3. The molecule has 102 valence electrons. The van der Waals surface area contributed by atoms with Gasteiger partial charge in [0, 0.05) is 13.1 Å². The molecule has 1 aromatic heterocycles. The van der Waals surface area contributed by atoms with Crippen molar-refractivity contribution in [2.75, 3.05) is 32.8 Å². The van der Waals surface area contributed by atoms with E-state index < -0.39 is 11.7 Å². The first-order valence-electron chi connectivity index (χ1n) is 5.90. The Morgan fingerprint density at radius 2 is 2.05 bits per heavy atom. The highest BCUT2D eigenvalue weighted by Gasteiger charge is 2.20. The Hall–Kier alpha value is -1.73. The Balaban J connectivity index is 1.80. The van der Waals surface area contributed by atoms with Gasteiger partial charge in [0.15, 0.2) is 0 Å². The molecule has 0 spiro atoms. The Morgan fingerprint density at radius 3 is 2.68 bits per heavy atom. The normalized spacial score (nSPS) is 15.1. The largest absolute Gasteiger partial charge is 0.378 e. The van der Waals surface area contributed by atoms with Gasteiger partial charge in [0.2, 0.25) is 5.91 Å². The minimum Gasteiger partial charge on any atom is -0.378 e. The first kappa shape index (κ1) is 13.7. The molecular weight excluding hydrogens is 268 g/mol. The van der Waals surface area contributed by atoms with Crippen LogP contribution in [0.2, 0.25) is 0 Å². The van der Waals surface area contributed by atoms with Gasteiger partial charge in [-0.05, 0) is 11.4 Å². The van der Waals surface area contributed by atoms with Crippen molar-refractivity contribution < 1.29 is 19.1 Å². The number of Topliss-reactive ketones (excluding diaryl/α,β-unsaturated/α-hetero) is 1. The summed E-state index contributed by atoms with van der Waals surface area (Å²) >= 11 is 1.20. The van der Waals surface area contributed by atoms with Crippen LogP contribution in [0.15, 0.2) is 17.5 Å². The van der Waals surface area contributed by atoms with Crippen molar-refractivity contribution in [1.82, 2.24) is 10.2 Å². The summed E-state index contributed by atoms with van der Waals surface area (Å²) in [5.74, 6) is -1.55. The van der Waals surface area contributed by atoms with E-state index in [0.29, 0.717) is 31.2 Å². The molecule has 19 heavy (non-hydrogen) atoms. The smallest absolute Gasteiger partial charge is 0.293 e. The molecule has 0 aliphatic carbocycles. The summed E-state index contributed by atoms with van der Waals surface area (Å²) in [6, 6.07) is 3.28. The lowest BCUT2D eigenvalue weighted by Crippen LogP contribution is -2.46. The summed E-state index contributed by atoms with van der Waals surface area (Å²) in [5.41, 5.74) is 0. The average Bonchev–Trinajstić information content (AvgIpc) is 2.98. The third-order valence-corrected chi connectivity index (χ3v) is 3.58. The van der Waals surface area contributed by atoms with Gasteiger partial charge in [0.25, 0.3) is 11.7 Å². The molecule has 1 fully saturated rings. The number of hydrogen-bond donors (Lipinski definition) is 1. The standard InChI is InChI=1S/C12H14N2O4S/c15-10(14-3-5-18-6-4-14)8-13-12(17)11(16)9-2-1-7-19-9/h1-2,7H,3-6,8H2,(H,13,17). The highest BCUT2D eigenvalue weighted by atomic mass is 32.1. The van der Waals surface area contributed by atoms with Crippen molar-refractivity contribution in [3.8, 4) is 0 Å². The van der Waals surface area contributed by atoms with E-state index >= 15 is 0 Å². The van der Waals surface area contributed by atoms with Gasteiger partial charge >= 0.3 is 0 Å². The van der Waals surface area contributed by atoms with E-state index in [-0.39, 0.29) is 12.5 Å². The molecule has 0 saturated carbocycles. The maximum Gasteiger partial charge on any atom is 0.293 e. The minimum absolute atomic E-state index is 0.157. The first-order valence-corrected chi connectivity index (χ1v) is 6.78. The number of rotatable bonds is 4. The second-order valence-electron chi connectivity index (χ2n) is 3.98. The summed E-state index contributed by atoms with van der Waals surface area (Å²) in [6.45, 7) is 1.90. The fourth-order valence-electron chi connectivity index (χ4n) is 1.68. The molecular formula is C12H14N2O4S. The lowest BCUT2D eigenvalue weighted by molar-refractivity contribution is -0.135. The summed E-state index contributed by atoms with van der Waals surface area (Å²) in [7, 11) is 0. The van der Waals surface area contributed by atoms with E-state index in [2.05, 4.69) is 5.32 Å². The lowest BCUT2D eigenvalue weighted by Gasteiger charge is -2.26. The lowest BCUT2D eigenvalue weighted by atomic mass is 10.3. The van der Waals surface area contributed by atoms with Crippen molar-refractivity contribution in [2.45, 2.75) is 0 Å². The van der Waals surface area contributed by atoms with Crippen molar-refractivity contribution >= 4 is 28.9 Å². The number of ether oxygens (including phenoxy) is 1. The molecule has 0 aromatic carbocycles. The van der Waals surface area contributed by atoms with Gasteiger partial charge in [-0.1, -0.05) is 6.07 Å². The molecule has 1 aliphatic heterocycles. The van der Waals surface area contributed by atoms with E-state index in [1.165, 1.54) is 11.3 Å². The third-order valence-electron chi connectivity index (χ3n) is 2.72. The third kappa shape index (κ3) is 3.62. The van der Waals surface area contributed by atoms with Crippen LogP contribution >= 0.6 is 11.3 Å². The zero-order valence-electron chi connectivity index (χ0n) is 10.3. The molecule has 2 amide bonds. The molecule has 6 nitrogen and oxygen atoms in total. The molecule has 0 atom stereocenters. The van der Waals surface area contributed by atoms with Crippen LogP contribution in [0.3, 0.4) is 0 Å². The molecule has 7 heteroatoms. The predicted molar refractivity (Wildman–Crippen MR) is 69.1 cm³/mol. The fourth-order valence-corrected chi connectivity index (χ4v) is 2.34.